The molecule has 0 amide bonds. The fourth-order valence-corrected chi connectivity index (χ4v) is 4.33. The van der Waals surface area contributed by atoms with Crippen LogP contribution in [0, 0.1) is 35.8 Å². The van der Waals surface area contributed by atoms with E-state index < -0.39 is 0 Å². The summed E-state index contributed by atoms with van der Waals surface area (Å²) >= 11 is 0. The van der Waals surface area contributed by atoms with Crippen LogP contribution in [0.1, 0.15) is 16.7 Å². The fourth-order valence-electron chi connectivity index (χ4n) is 4.33. The van der Waals surface area contributed by atoms with Gasteiger partial charge < -0.3 is 0 Å². The molecule has 34 heavy (non-hydrogen) atoms. The van der Waals surface area contributed by atoms with E-state index in [0.29, 0.717) is 16.8 Å². The van der Waals surface area contributed by atoms with E-state index in [9.17, 15) is 5.26 Å². The number of benzene rings is 4. The second kappa shape index (κ2) is 8.26. The average molecular weight is 430 g/mol. The van der Waals surface area contributed by atoms with Gasteiger partial charge in [0.1, 0.15) is 0 Å². The fraction of sp³-hybridized carbons (Fsp3) is 0. The molecule has 0 N–H and O–H groups in total. The highest BCUT2D eigenvalue weighted by Crippen LogP contribution is 2.48. The third kappa shape index (κ3) is 3.30. The molecule has 4 nitrogen and oxygen atoms in total. The smallest absolute Gasteiger partial charge is 0.238 e. The largest absolute Gasteiger partial charge is 0.270 e. The summed E-state index contributed by atoms with van der Waals surface area (Å²) in [7, 11) is 0. The summed E-state index contributed by atoms with van der Waals surface area (Å²) in [5.41, 5.74) is 9.35. The Morgan fingerprint density at radius 1 is 0.618 bits per heavy atom. The van der Waals surface area contributed by atoms with E-state index in [1.165, 1.54) is 0 Å². The van der Waals surface area contributed by atoms with Crippen LogP contribution in [-0.2, 0) is 0 Å². The summed E-state index contributed by atoms with van der Waals surface area (Å²) in [5, 5.41) is 18.8. The summed E-state index contributed by atoms with van der Waals surface area (Å²) in [5.74, 6) is 0. The molecular formula is C30H14N4. The van der Waals surface area contributed by atoms with Gasteiger partial charge in [0.15, 0.2) is 5.69 Å². The van der Waals surface area contributed by atoms with Crippen LogP contribution in [-0.4, -0.2) is 0 Å². The predicted octanol–water partition coefficient (Wildman–Crippen LogP) is 7.63. The van der Waals surface area contributed by atoms with Crippen molar-refractivity contribution in [2.24, 2.45) is 0 Å². The van der Waals surface area contributed by atoms with E-state index in [1.54, 1.807) is 24.3 Å². The van der Waals surface area contributed by atoms with Crippen molar-refractivity contribution in [2.75, 3.05) is 0 Å². The maximum atomic E-state index is 9.75. The highest BCUT2D eigenvalue weighted by molar-refractivity contribution is 6.05. The summed E-state index contributed by atoms with van der Waals surface area (Å²) < 4.78 is 0. The zero-order valence-electron chi connectivity index (χ0n) is 17.9. The van der Waals surface area contributed by atoms with Gasteiger partial charge in [-0.25, -0.2) is 15.0 Å². The molecule has 0 bridgehead atoms. The van der Waals surface area contributed by atoms with Gasteiger partial charge in [-0.2, -0.15) is 5.26 Å². The molecule has 0 unspecified atom stereocenters. The first-order chi connectivity index (χ1) is 16.7. The molecule has 0 spiro atoms. The Bertz CT molecular complexity index is 1540. The van der Waals surface area contributed by atoms with Gasteiger partial charge >= 0.3 is 0 Å². The first-order valence-electron chi connectivity index (χ1n) is 10.5. The predicted molar refractivity (Wildman–Crippen MR) is 132 cm³/mol. The summed E-state index contributed by atoms with van der Waals surface area (Å²) in [6, 6.07) is 31.1. The lowest BCUT2D eigenvalue weighted by atomic mass is 9.96. The second-order valence-electron chi connectivity index (χ2n) is 7.82. The topological polar surface area (TPSA) is 56.3 Å². The van der Waals surface area contributed by atoms with Crippen molar-refractivity contribution in [3.8, 4) is 45.5 Å². The Hall–Kier alpha value is -5.42. The van der Waals surface area contributed by atoms with Crippen LogP contribution < -0.4 is 0 Å². The number of rotatable bonds is 2. The number of hydrogen-bond acceptors (Lipinski definition) is 2. The van der Waals surface area contributed by atoms with E-state index >= 15 is 0 Å². The van der Waals surface area contributed by atoms with Crippen molar-refractivity contribution in [3.63, 3.8) is 0 Å². The molecule has 4 aromatic carbocycles. The number of nitriles is 2. The number of fused-ring (bicyclic) bond motifs is 3. The Balaban J connectivity index is 1.68. The van der Waals surface area contributed by atoms with Crippen molar-refractivity contribution in [2.45, 2.75) is 0 Å². The van der Waals surface area contributed by atoms with E-state index in [1.807, 2.05) is 60.7 Å². The maximum Gasteiger partial charge on any atom is 0.270 e. The van der Waals surface area contributed by atoms with E-state index in [-0.39, 0.29) is 5.70 Å². The SMILES string of the molecule is [C-]#[N+]/C(C#N)=C1/c2cc(-c3ccc(C#N)cc3)ccc2-c2ccc(-c3ccc([N+]#[C-])cc3)cc21. The van der Waals surface area contributed by atoms with Gasteiger partial charge in [0.25, 0.3) is 5.70 Å². The van der Waals surface area contributed by atoms with Crippen molar-refractivity contribution in [1.29, 1.82) is 10.5 Å². The highest BCUT2D eigenvalue weighted by atomic mass is 14.7. The first-order valence-corrected chi connectivity index (χ1v) is 10.5. The van der Waals surface area contributed by atoms with Gasteiger partial charge in [-0.1, -0.05) is 60.7 Å². The third-order valence-corrected chi connectivity index (χ3v) is 6.00. The molecule has 154 valence electrons. The van der Waals surface area contributed by atoms with Crippen LogP contribution >= 0.6 is 0 Å². The van der Waals surface area contributed by atoms with Gasteiger partial charge in [-0.3, -0.25) is 0 Å². The molecule has 0 heterocycles. The minimum atomic E-state index is 0.0532. The first kappa shape index (κ1) is 20.5. The molecule has 5 rings (SSSR count). The van der Waals surface area contributed by atoms with Crippen LogP contribution in [0.5, 0.6) is 0 Å². The second-order valence-corrected chi connectivity index (χ2v) is 7.82. The standard InChI is InChI=1S/C30H14N4/c1-33-24-11-7-21(8-12-24)23-10-14-26-25-13-9-22(20-5-3-19(17-31)4-6-20)15-27(25)30(28(26)16-23)29(18-32)34-2/h3-16H/b30-29-. The molecule has 4 heteroatoms. The lowest BCUT2D eigenvalue weighted by Crippen LogP contribution is -1.88. The molecule has 0 saturated heterocycles. The van der Waals surface area contributed by atoms with Crippen molar-refractivity contribution in [1.82, 2.24) is 0 Å². The number of nitrogens with zero attached hydrogens (tertiary/aromatic N) is 4. The molecule has 0 radical (unpaired) electrons. The molecule has 1 aliphatic rings. The summed E-state index contributed by atoms with van der Waals surface area (Å²) in [4.78, 5) is 6.98. The quantitative estimate of drug-likeness (QED) is 0.214. The van der Waals surface area contributed by atoms with Gasteiger partial charge in [0.05, 0.1) is 30.8 Å². The van der Waals surface area contributed by atoms with Gasteiger partial charge in [-0.05, 0) is 68.8 Å². The van der Waals surface area contributed by atoms with Gasteiger partial charge in [0, 0.05) is 5.57 Å². The van der Waals surface area contributed by atoms with E-state index in [4.69, 9.17) is 18.4 Å². The van der Waals surface area contributed by atoms with Crippen molar-refractivity contribution in [3.05, 3.63) is 130 Å². The molecule has 0 atom stereocenters. The molecule has 0 aliphatic heterocycles. The van der Waals surface area contributed by atoms with Crippen LogP contribution in [0.4, 0.5) is 5.69 Å². The zero-order chi connectivity index (χ0) is 23.7. The molecule has 0 aromatic heterocycles. The number of allylic oxidation sites excluding steroid dienone is 1. The molecule has 0 fully saturated rings. The van der Waals surface area contributed by atoms with Gasteiger partial charge in [0.2, 0.25) is 0 Å². The maximum absolute atomic E-state index is 9.75. The molecular weight excluding hydrogens is 416 g/mol. The Morgan fingerprint density at radius 2 is 1.12 bits per heavy atom. The zero-order valence-corrected chi connectivity index (χ0v) is 17.9. The average Bonchev–Trinajstić information content (AvgIpc) is 3.22. The lowest BCUT2D eigenvalue weighted by Gasteiger charge is -2.08. The molecule has 4 aromatic rings. The molecule has 0 saturated carbocycles. The van der Waals surface area contributed by atoms with Crippen LogP contribution in [0.25, 0.3) is 48.6 Å². The summed E-state index contributed by atoms with van der Waals surface area (Å²) in [6.45, 7) is 14.8. The monoisotopic (exact) mass is 430 g/mol. The van der Waals surface area contributed by atoms with Crippen molar-refractivity contribution < 1.29 is 0 Å². The lowest BCUT2D eigenvalue weighted by molar-refractivity contribution is 1.48. The third-order valence-electron chi connectivity index (χ3n) is 6.00. The Kier molecular flexibility index (Phi) is 4.97. The highest BCUT2D eigenvalue weighted by Gasteiger charge is 2.27. The van der Waals surface area contributed by atoms with Crippen LogP contribution in [0.3, 0.4) is 0 Å². The number of hydrogen-bond donors (Lipinski definition) is 0. The minimum absolute atomic E-state index is 0.0532. The Morgan fingerprint density at radius 3 is 1.56 bits per heavy atom. The minimum Gasteiger partial charge on any atom is -0.238 e. The van der Waals surface area contributed by atoms with Crippen LogP contribution in [0.2, 0.25) is 0 Å². The van der Waals surface area contributed by atoms with E-state index in [2.05, 4.69) is 21.8 Å². The molecule has 1 aliphatic carbocycles. The summed E-state index contributed by atoms with van der Waals surface area (Å²) in [6.07, 6.45) is 0. The Labute approximate surface area is 197 Å². The van der Waals surface area contributed by atoms with Crippen LogP contribution in [0.15, 0.2) is 90.6 Å². The van der Waals surface area contributed by atoms with Crippen molar-refractivity contribution >= 4 is 11.3 Å². The van der Waals surface area contributed by atoms with Gasteiger partial charge in [-0.15, -0.1) is 0 Å². The van der Waals surface area contributed by atoms with E-state index in [0.717, 1.165) is 44.5 Å². The normalized spacial score (nSPS) is 12.4.